The highest BCUT2D eigenvalue weighted by Crippen LogP contribution is 2.10. The second-order valence-corrected chi connectivity index (χ2v) is 5.42. The molecule has 0 aromatic heterocycles. The number of carbonyl (C=O) groups is 2. The van der Waals surface area contributed by atoms with Gasteiger partial charge in [0.25, 0.3) is 11.8 Å². The van der Waals surface area contributed by atoms with E-state index in [0.717, 1.165) is 9.13 Å². The Labute approximate surface area is 130 Å². The van der Waals surface area contributed by atoms with E-state index in [2.05, 4.69) is 33.4 Å². The van der Waals surface area contributed by atoms with Gasteiger partial charge in [0.1, 0.15) is 0 Å². The number of aryl methyl sites for hydroxylation is 1. The van der Waals surface area contributed by atoms with E-state index >= 15 is 0 Å². The van der Waals surface area contributed by atoms with Crippen molar-refractivity contribution in [1.82, 2.24) is 10.9 Å². The Morgan fingerprint density at radius 1 is 0.900 bits per heavy atom. The van der Waals surface area contributed by atoms with E-state index in [1.165, 1.54) is 0 Å². The Bertz CT molecular complexity index is 639. The van der Waals surface area contributed by atoms with Crippen LogP contribution in [0.15, 0.2) is 48.5 Å². The van der Waals surface area contributed by atoms with Gasteiger partial charge in [0.05, 0.1) is 5.56 Å². The predicted octanol–water partition coefficient (Wildman–Crippen LogP) is 2.67. The smallest absolute Gasteiger partial charge is 0.267 e. The lowest BCUT2D eigenvalue weighted by molar-refractivity contribution is 0.0846. The summed E-state index contributed by atoms with van der Waals surface area (Å²) in [7, 11) is 0. The van der Waals surface area contributed by atoms with Crippen LogP contribution in [0.25, 0.3) is 0 Å². The second-order valence-electron chi connectivity index (χ2n) is 4.25. The number of halogens is 1. The van der Waals surface area contributed by atoms with Crippen molar-refractivity contribution in [2.24, 2.45) is 0 Å². The summed E-state index contributed by atoms with van der Waals surface area (Å²) in [4.78, 5) is 23.8. The van der Waals surface area contributed by atoms with Crippen LogP contribution in [0.4, 0.5) is 0 Å². The SMILES string of the molecule is Cc1ccc(C(=O)NNC(=O)c2ccccc2I)cc1. The van der Waals surface area contributed by atoms with Crippen LogP contribution in [0, 0.1) is 10.5 Å². The fraction of sp³-hybridized carbons (Fsp3) is 0.0667. The first kappa shape index (κ1) is 14.5. The number of hydrazine groups is 1. The maximum Gasteiger partial charge on any atom is 0.270 e. The largest absolute Gasteiger partial charge is 0.270 e. The summed E-state index contributed by atoms with van der Waals surface area (Å²) in [6, 6.07) is 14.3. The summed E-state index contributed by atoms with van der Waals surface area (Å²) < 4.78 is 0.826. The quantitative estimate of drug-likeness (QED) is 0.622. The molecule has 20 heavy (non-hydrogen) atoms. The first-order valence-corrected chi connectivity index (χ1v) is 7.07. The Kier molecular flexibility index (Phi) is 4.73. The Morgan fingerprint density at radius 3 is 2.15 bits per heavy atom. The van der Waals surface area contributed by atoms with Crippen molar-refractivity contribution in [3.05, 3.63) is 68.8 Å². The fourth-order valence-electron chi connectivity index (χ4n) is 1.60. The van der Waals surface area contributed by atoms with Gasteiger partial charge in [-0.15, -0.1) is 0 Å². The Morgan fingerprint density at radius 2 is 1.50 bits per heavy atom. The molecule has 0 atom stereocenters. The highest BCUT2D eigenvalue weighted by atomic mass is 127. The molecule has 2 amide bonds. The molecule has 0 spiro atoms. The summed E-state index contributed by atoms with van der Waals surface area (Å²) in [6.45, 7) is 1.95. The molecular weight excluding hydrogens is 367 g/mol. The highest BCUT2D eigenvalue weighted by Gasteiger charge is 2.10. The molecule has 0 fully saturated rings. The average molecular weight is 380 g/mol. The average Bonchev–Trinajstić information content (AvgIpc) is 2.45. The number of carbonyl (C=O) groups excluding carboxylic acids is 2. The van der Waals surface area contributed by atoms with Gasteiger partial charge >= 0.3 is 0 Å². The Hall–Kier alpha value is -1.89. The van der Waals surface area contributed by atoms with Crippen LogP contribution in [-0.2, 0) is 0 Å². The normalized spacial score (nSPS) is 9.90. The van der Waals surface area contributed by atoms with Crippen LogP contribution in [0.1, 0.15) is 26.3 Å². The number of hydrogen-bond donors (Lipinski definition) is 2. The summed E-state index contributed by atoms with van der Waals surface area (Å²) >= 11 is 2.07. The van der Waals surface area contributed by atoms with Crippen molar-refractivity contribution in [3.63, 3.8) is 0 Å². The zero-order valence-electron chi connectivity index (χ0n) is 10.8. The van der Waals surface area contributed by atoms with Crippen LogP contribution >= 0.6 is 22.6 Å². The molecule has 2 aromatic carbocycles. The van der Waals surface area contributed by atoms with Crippen molar-refractivity contribution < 1.29 is 9.59 Å². The van der Waals surface area contributed by atoms with E-state index in [0.29, 0.717) is 11.1 Å². The third-order valence-corrected chi connectivity index (χ3v) is 3.66. The molecule has 2 N–H and O–H groups in total. The fourth-order valence-corrected chi connectivity index (χ4v) is 2.24. The molecule has 102 valence electrons. The van der Waals surface area contributed by atoms with Crippen molar-refractivity contribution in [3.8, 4) is 0 Å². The molecule has 2 rings (SSSR count). The van der Waals surface area contributed by atoms with Gasteiger partial charge in [-0.2, -0.15) is 0 Å². The number of benzene rings is 2. The minimum Gasteiger partial charge on any atom is -0.267 e. The van der Waals surface area contributed by atoms with Crippen LogP contribution < -0.4 is 10.9 Å². The molecule has 5 heteroatoms. The minimum absolute atomic E-state index is 0.338. The lowest BCUT2D eigenvalue weighted by Gasteiger charge is -2.08. The van der Waals surface area contributed by atoms with Gasteiger partial charge in [0, 0.05) is 9.13 Å². The molecule has 0 saturated carbocycles. The second kappa shape index (κ2) is 6.51. The van der Waals surface area contributed by atoms with E-state index in [4.69, 9.17) is 0 Å². The zero-order chi connectivity index (χ0) is 14.5. The highest BCUT2D eigenvalue weighted by molar-refractivity contribution is 14.1. The van der Waals surface area contributed by atoms with Crippen molar-refractivity contribution in [1.29, 1.82) is 0 Å². The standard InChI is InChI=1S/C15H13IN2O2/c1-10-6-8-11(9-7-10)14(19)17-18-15(20)12-4-2-3-5-13(12)16/h2-9H,1H3,(H,17,19)(H,18,20). The van der Waals surface area contributed by atoms with Gasteiger partial charge in [-0.25, -0.2) is 0 Å². The number of nitrogens with one attached hydrogen (secondary N) is 2. The molecule has 2 aromatic rings. The molecule has 0 heterocycles. The maximum atomic E-state index is 11.9. The van der Waals surface area contributed by atoms with Gasteiger partial charge in [-0.05, 0) is 53.8 Å². The predicted molar refractivity (Wildman–Crippen MR) is 85.3 cm³/mol. The van der Waals surface area contributed by atoms with Crippen molar-refractivity contribution in [2.45, 2.75) is 6.92 Å². The lowest BCUT2D eigenvalue weighted by atomic mass is 10.1. The number of hydrogen-bond acceptors (Lipinski definition) is 2. The lowest BCUT2D eigenvalue weighted by Crippen LogP contribution is -2.41. The van der Waals surface area contributed by atoms with Crippen molar-refractivity contribution >= 4 is 34.4 Å². The van der Waals surface area contributed by atoms with E-state index < -0.39 is 0 Å². The molecule has 0 aliphatic heterocycles. The molecule has 0 bridgehead atoms. The Balaban J connectivity index is 1.99. The molecule has 0 saturated heterocycles. The van der Waals surface area contributed by atoms with Gasteiger partial charge < -0.3 is 0 Å². The molecule has 0 radical (unpaired) electrons. The zero-order valence-corrected chi connectivity index (χ0v) is 13.0. The van der Waals surface area contributed by atoms with Gasteiger partial charge in [0.2, 0.25) is 0 Å². The molecular formula is C15H13IN2O2. The summed E-state index contributed by atoms with van der Waals surface area (Å²) in [5.74, 6) is -0.681. The van der Waals surface area contributed by atoms with Gasteiger partial charge in [-0.1, -0.05) is 29.8 Å². The van der Waals surface area contributed by atoms with E-state index in [1.54, 1.807) is 24.3 Å². The summed E-state index contributed by atoms with van der Waals surface area (Å²) in [5, 5.41) is 0. The summed E-state index contributed by atoms with van der Waals surface area (Å²) in [5.41, 5.74) is 6.91. The molecule has 4 nitrogen and oxygen atoms in total. The van der Waals surface area contributed by atoms with Gasteiger partial charge in [-0.3, -0.25) is 20.4 Å². The van der Waals surface area contributed by atoms with E-state index in [9.17, 15) is 9.59 Å². The maximum absolute atomic E-state index is 11.9. The number of rotatable bonds is 2. The monoisotopic (exact) mass is 380 g/mol. The third kappa shape index (κ3) is 3.57. The minimum atomic E-state index is -0.343. The molecule has 0 aliphatic rings. The van der Waals surface area contributed by atoms with Crippen LogP contribution in [0.3, 0.4) is 0 Å². The topological polar surface area (TPSA) is 58.2 Å². The van der Waals surface area contributed by atoms with Crippen LogP contribution in [0.2, 0.25) is 0 Å². The van der Waals surface area contributed by atoms with E-state index in [-0.39, 0.29) is 11.8 Å². The van der Waals surface area contributed by atoms with Crippen LogP contribution in [0.5, 0.6) is 0 Å². The first-order chi connectivity index (χ1) is 9.58. The molecule has 0 unspecified atom stereocenters. The third-order valence-electron chi connectivity index (χ3n) is 2.72. The van der Waals surface area contributed by atoms with E-state index in [1.807, 2.05) is 31.2 Å². The molecule has 0 aliphatic carbocycles. The van der Waals surface area contributed by atoms with Gasteiger partial charge in [0.15, 0.2) is 0 Å². The van der Waals surface area contributed by atoms with Crippen molar-refractivity contribution in [2.75, 3.05) is 0 Å². The summed E-state index contributed by atoms with van der Waals surface area (Å²) in [6.07, 6.45) is 0. The van der Waals surface area contributed by atoms with Crippen LogP contribution in [-0.4, -0.2) is 11.8 Å². The first-order valence-electron chi connectivity index (χ1n) is 6.00. The number of amides is 2.